The number of alkyl halides is 2. The van der Waals surface area contributed by atoms with Crippen molar-refractivity contribution < 1.29 is 22.8 Å². The normalized spacial score (nSPS) is 15.7. The third-order valence-electron chi connectivity index (χ3n) is 5.01. The summed E-state index contributed by atoms with van der Waals surface area (Å²) in [5, 5.41) is 12.5. The Labute approximate surface area is 174 Å². The number of likely N-dealkylation sites (tertiary alicyclic amines) is 1. The van der Waals surface area contributed by atoms with Crippen LogP contribution in [0.25, 0.3) is 11.0 Å². The number of aromatic nitrogens is 2. The largest absolute Gasteiger partial charge is 0.339 e. The van der Waals surface area contributed by atoms with Gasteiger partial charge < -0.3 is 15.2 Å². The molecule has 1 aromatic carbocycles. The number of rotatable bonds is 5. The molecule has 2 aromatic heterocycles. The van der Waals surface area contributed by atoms with Crippen LogP contribution in [-0.2, 0) is 11.2 Å². The topological polar surface area (TPSA) is 102 Å². The number of carbonyl (C=O) groups is 2. The molecule has 0 saturated carbocycles. The highest BCUT2D eigenvalue weighted by molar-refractivity contribution is 5.99. The highest BCUT2D eigenvalue weighted by Crippen LogP contribution is 2.27. The summed E-state index contributed by atoms with van der Waals surface area (Å²) in [4.78, 5) is 33.5. The van der Waals surface area contributed by atoms with Crippen LogP contribution < -0.4 is 5.32 Å². The number of halogens is 3. The van der Waals surface area contributed by atoms with Gasteiger partial charge in [-0.15, -0.1) is 0 Å². The molecule has 0 radical (unpaired) electrons. The number of amides is 2. The summed E-state index contributed by atoms with van der Waals surface area (Å²) in [6, 6.07) is 9.09. The molecule has 10 heteroatoms. The molecule has 2 amide bonds. The molecule has 0 spiro atoms. The van der Waals surface area contributed by atoms with Gasteiger partial charge in [0, 0.05) is 18.0 Å². The lowest BCUT2D eigenvalue weighted by molar-refractivity contribution is -0.167. The Kier molecular flexibility index (Phi) is 5.10. The zero-order valence-electron chi connectivity index (χ0n) is 16.0. The molecule has 7 nitrogen and oxygen atoms in total. The van der Waals surface area contributed by atoms with Crippen LogP contribution in [0.4, 0.5) is 13.2 Å². The molecule has 158 valence electrons. The van der Waals surface area contributed by atoms with Crippen molar-refractivity contribution in [3.8, 4) is 6.07 Å². The van der Waals surface area contributed by atoms with E-state index in [1.165, 1.54) is 6.07 Å². The monoisotopic (exact) mass is 427 g/mol. The van der Waals surface area contributed by atoms with E-state index in [1.54, 1.807) is 24.4 Å². The fraction of sp³-hybridized carbons (Fsp3) is 0.238. The number of nitriles is 1. The van der Waals surface area contributed by atoms with Crippen LogP contribution in [0.2, 0.25) is 0 Å². The van der Waals surface area contributed by atoms with Gasteiger partial charge in [0.15, 0.2) is 0 Å². The van der Waals surface area contributed by atoms with E-state index in [1.807, 2.05) is 6.07 Å². The zero-order chi connectivity index (χ0) is 22.2. The average Bonchev–Trinajstić information content (AvgIpc) is 3.16. The van der Waals surface area contributed by atoms with E-state index in [0.717, 1.165) is 17.0 Å². The van der Waals surface area contributed by atoms with Crippen molar-refractivity contribution in [1.29, 1.82) is 5.26 Å². The Morgan fingerprint density at radius 2 is 2.06 bits per heavy atom. The number of H-pyrrole nitrogens is 1. The smallest absolute Gasteiger partial charge is 0.282 e. The average molecular weight is 427 g/mol. The quantitative estimate of drug-likeness (QED) is 0.653. The summed E-state index contributed by atoms with van der Waals surface area (Å²) in [5.74, 6) is -4.94. The van der Waals surface area contributed by atoms with Gasteiger partial charge in [0.25, 0.3) is 11.8 Å². The van der Waals surface area contributed by atoms with Gasteiger partial charge in [-0.05, 0) is 35.9 Å². The third-order valence-corrected chi connectivity index (χ3v) is 5.01. The lowest BCUT2D eigenvalue weighted by Gasteiger charge is -2.40. The number of carbonyl (C=O) groups excluding carboxylic acids is 2. The van der Waals surface area contributed by atoms with Crippen LogP contribution in [0.1, 0.15) is 21.6 Å². The Bertz CT molecular complexity index is 1180. The number of aromatic amines is 1. The van der Waals surface area contributed by atoms with Gasteiger partial charge in [-0.2, -0.15) is 5.26 Å². The van der Waals surface area contributed by atoms with Crippen LogP contribution >= 0.6 is 0 Å². The second kappa shape index (κ2) is 7.75. The predicted octanol–water partition coefficient (Wildman–Crippen LogP) is 2.39. The number of nitrogens with zero attached hydrogens (tertiary/aromatic N) is 3. The van der Waals surface area contributed by atoms with E-state index < -0.39 is 42.7 Å². The molecule has 2 N–H and O–H groups in total. The summed E-state index contributed by atoms with van der Waals surface area (Å²) in [5.41, 5.74) is 0.923. The fourth-order valence-electron chi connectivity index (χ4n) is 3.46. The van der Waals surface area contributed by atoms with Crippen molar-refractivity contribution in [2.75, 3.05) is 13.1 Å². The first-order valence-electron chi connectivity index (χ1n) is 9.35. The van der Waals surface area contributed by atoms with Crippen LogP contribution in [-0.4, -0.2) is 51.7 Å². The molecular formula is C21H16F3N5O2. The summed E-state index contributed by atoms with van der Waals surface area (Å²) in [6.07, 6.45) is 1.39. The van der Waals surface area contributed by atoms with Gasteiger partial charge in [0.05, 0.1) is 24.7 Å². The highest BCUT2D eigenvalue weighted by Gasteiger charge is 2.47. The minimum Gasteiger partial charge on any atom is -0.339 e. The minimum atomic E-state index is -2.97. The molecule has 1 fully saturated rings. The van der Waals surface area contributed by atoms with Crippen molar-refractivity contribution in [1.82, 2.24) is 20.2 Å². The van der Waals surface area contributed by atoms with Crippen LogP contribution in [0.3, 0.4) is 0 Å². The molecule has 4 rings (SSSR count). The van der Waals surface area contributed by atoms with Crippen molar-refractivity contribution in [3.63, 3.8) is 0 Å². The van der Waals surface area contributed by atoms with Crippen LogP contribution in [0, 0.1) is 17.1 Å². The first-order chi connectivity index (χ1) is 14.8. The van der Waals surface area contributed by atoms with Gasteiger partial charge >= 0.3 is 0 Å². The first kappa shape index (κ1) is 20.4. The lowest BCUT2D eigenvalue weighted by atomic mass is 9.98. The van der Waals surface area contributed by atoms with Gasteiger partial charge in [0.1, 0.15) is 23.2 Å². The van der Waals surface area contributed by atoms with E-state index in [4.69, 9.17) is 0 Å². The molecule has 1 saturated heterocycles. The Balaban J connectivity index is 1.59. The Morgan fingerprint density at radius 1 is 1.29 bits per heavy atom. The van der Waals surface area contributed by atoms with E-state index in [-0.39, 0.29) is 17.7 Å². The van der Waals surface area contributed by atoms with Crippen molar-refractivity contribution >= 4 is 22.8 Å². The summed E-state index contributed by atoms with van der Waals surface area (Å²) < 4.78 is 40.0. The SMILES string of the molecule is N#Cc1cc(F)ccc1CC(NC(=O)c1cc2cccnc2[nH]1)C(=O)N1CC(F)(F)C1. The number of pyridine rings is 1. The van der Waals surface area contributed by atoms with Gasteiger partial charge in [-0.1, -0.05) is 6.07 Å². The van der Waals surface area contributed by atoms with Crippen molar-refractivity contribution in [2.24, 2.45) is 0 Å². The van der Waals surface area contributed by atoms with Gasteiger partial charge in [0.2, 0.25) is 5.91 Å². The molecule has 1 atom stereocenters. The maximum atomic E-state index is 13.5. The predicted molar refractivity (Wildman–Crippen MR) is 104 cm³/mol. The van der Waals surface area contributed by atoms with Crippen molar-refractivity contribution in [2.45, 2.75) is 18.4 Å². The first-order valence-corrected chi connectivity index (χ1v) is 9.35. The summed E-state index contributed by atoms with van der Waals surface area (Å²) in [6.45, 7) is -1.49. The molecule has 1 unspecified atom stereocenters. The maximum absolute atomic E-state index is 13.5. The molecule has 3 aromatic rings. The molecule has 0 aliphatic carbocycles. The molecule has 31 heavy (non-hydrogen) atoms. The second-order valence-electron chi connectivity index (χ2n) is 7.32. The summed E-state index contributed by atoms with van der Waals surface area (Å²) >= 11 is 0. The highest BCUT2D eigenvalue weighted by atomic mass is 19.3. The number of nitrogens with one attached hydrogen (secondary N) is 2. The molecule has 1 aliphatic heterocycles. The number of fused-ring (bicyclic) bond motifs is 1. The molecular weight excluding hydrogens is 411 g/mol. The third kappa shape index (κ3) is 4.21. The standard InChI is InChI=1S/C21H16F3N5O2/c22-15-4-3-12(14(6-15)9-25)7-17(20(31)29-10-21(23,24)11-29)28-19(30)16-8-13-2-1-5-26-18(13)27-16/h1-6,8,17H,7,10-11H2,(H,26,27)(H,28,30). The summed E-state index contributed by atoms with van der Waals surface area (Å²) in [7, 11) is 0. The number of hydrogen-bond acceptors (Lipinski definition) is 4. The fourth-order valence-corrected chi connectivity index (χ4v) is 3.46. The lowest BCUT2D eigenvalue weighted by Crippen LogP contribution is -2.63. The Hall–Kier alpha value is -3.87. The van der Waals surface area contributed by atoms with Gasteiger partial charge in [-0.25, -0.2) is 18.2 Å². The van der Waals surface area contributed by atoms with E-state index >= 15 is 0 Å². The van der Waals surface area contributed by atoms with E-state index in [9.17, 15) is 28.0 Å². The second-order valence-corrected chi connectivity index (χ2v) is 7.32. The van der Waals surface area contributed by atoms with Gasteiger partial charge in [-0.3, -0.25) is 9.59 Å². The van der Waals surface area contributed by atoms with Crippen LogP contribution in [0.15, 0.2) is 42.6 Å². The maximum Gasteiger partial charge on any atom is 0.282 e. The molecule has 3 heterocycles. The Morgan fingerprint density at radius 3 is 2.74 bits per heavy atom. The molecule has 1 aliphatic rings. The number of benzene rings is 1. The molecule has 0 bridgehead atoms. The zero-order valence-corrected chi connectivity index (χ0v) is 16.0. The van der Waals surface area contributed by atoms with Crippen molar-refractivity contribution in [3.05, 3.63) is 65.2 Å². The number of hydrogen-bond donors (Lipinski definition) is 2. The van der Waals surface area contributed by atoms with Crippen LogP contribution in [0.5, 0.6) is 0 Å². The minimum absolute atomic E-state index is 0.00389. The van der Waals surface area contributed by atoms with E-state index in [2.05, 4.69) is 15.3 Å². The van der Waals surface area contributed by atoms with E-state index in [0.29, 0.717) is 16.6 Å².